The Morgan fingerprint density at radius 1 is 1.17 bits per heavy atom. The minimum absolute atomic E-state index is 0.226. The van der Waals surface area contributed by atoms with Crippen molar-refractivity contribution in [2.24, 2.45) is 5.92 Å². The summed E-state index contributed by atoms with van der Waals surface area (Å²) in [5.74, 6) is 0.598. The van der Waals surface area contributed by atoms with Gasteiger partial charge in [-0.1, -0.05) is 23.7 Å². The van der Waals surface area contributed by atoms with Crippen LogP contribution in [0.5, 0.6) is 0 Å². The lowest BCUT2D eigenvalue weighted by Gasteiger charge is -2.36. The first-order valence-electron chi connectivity index (χ1n) is 8.69. The van der Waals surface area contributed by atoms with Gasteiger partial charge in [-0.3, -0.25) is 9.69 Å². The molecule has 1 amide bonds. The van der Waals surface area contributed by atoms with Crippen LogP contribution in [0.3, 0.4) is 0 Å². The van der Waals surface area contributed by atoms with Crippen molar-refractivity contribution in [3.8, 4) is 0 Å². The number of nitrogens with zero attached hydrogens (tertiary/aromatic N) is 2. The maximum absolute atomic E-state index is 12.7. The van der Waals surface area contributed by atoms with Gasteiger partial charge in [-0.25, -0.2) is 0 Å². The standard InChI is InChI=1S/C18H26ClN3O/c19-17-5-1-3-15(13-17)14-21-9-11-22(12-10-21)18(23)16-4-2-7-20-8-6-16/h1,3,5,13,16,20H,2,4,6-12,14H2/t16-/m1/s1. The van der Waals surface area contributed by atoms with E-state index in [1.165, 1.54) is 5.56 Å². The molecule has 0 unspecified atom stereocenters. The summed E-state index contributed by atoms with van der Waals surface area (Å²) < 4.78 is 0. The average molecular weight is 336 g/mol. The van der Waals surface area contributed by atoms with Gasteiger partial charge in [-0.05, 0) is 50.0 Å². The van der Waals surface area contributed by atoms with Gasteiger partial charge < -0.3 is 10.2 Å². The number of nitrogens with one attached hydrogen (secondary N) is 1. The minimum Gasteiger partial charge on any atom is -0.340 e. The molecule has 1 atom stereocenters. The molecule has 1 aromatic rings. The van der Waals surface area contributed by atoms with E-state index >= 15 is 0 Å². The second-order valence-corrected chi connectivity index (χ2v) is 7.05. The minimum atomic E-state index is 0.226. The summed E-state index contributed by atoms with van der Waals surface area (Å²) in [6.07, 6.45) is 3.14. The summed E-state index contributed by atoms with van der Waals surface area (Å²) in [5.41, 5.74) is 1.24. The topological polar surface area (TPSA) is 35.6 Å². The van der Waals surface area contributed by atoms with E-state index in [0.717, 1.165) is 70.1 Å². The van der Waals surface area contributed by atoms with E-state index in [-0.39, 0.29) is 5.92 Å². The Morgan fingerprint density at radius 3 is 2.78 bits per heavy atom. The maximum Gasteiger partial charge on any atom is 0.225 e. The third-order valence-electron chi connectivity index (χ3n) is 4.90. The second-order valence-electron chi connectivity index (χ2n) is 6.61. The lowest BCUT2D eigenvalue weighted by molar-refractivity contribution is -0.137. The van der Waals surface area contributed by atoms with Crippen LogP contribution in [0.15, 0.2) is 24.3 Å². The van der Waals surface area contributed by atoms with Gasteiger partial charge in [0.2, 0.25) is 5.91 Å². The van der Waals surface area contributed by atoms with Gasteiger partial charge in [-0.15, -0.1) is 0 Å². The number of piperazine rings is 1. The first kappa shape index (κ1) is 16.7. The summed E-state index contributed by atoms with van der Waals surface area (Å²) in [6.45, 7) is 6.54. The Bertz CT molecular complexity index is 521. The van der Waals surface area contributed by atoms with Crippen molar-refractivity contribution in [2.45, 2.75) is 25.8 Å². The molecule has 0 bridgehead atoms. The van der Waals surface area contributed by atoms with Crippen molar-refractivity contribution in [3.63, 3.8) is 0 Å². The number of hydrogen-bond donors (Lipinski definition) is 1. The van der Waals surface area contributed by atoms with E-state index in [9.17, 15) is 4.79 Å². The highest BCUT2D eigenvalue weighted by atomic mass is 35.5. The lowest BCUT2D eigenvalue weighted by atomic mass is 9.98. The summed E-state index contributed by atoms with van der Waals surface area (Å²) >= 11 is 6.05. The van der Waals surface area contributed by atoms with Gasteiger partial charge in [0.1, 0.15) is 0 Å². The van der Waals surface area contributed by atoms with E-state index in [2.05, 4.69) is 21.2 Å². The van der Waals surface area contributed by atoms with Crippen LogP contribution in [0, 0.1) is 5.92 Å². The highest BCUT2D eigenvalue weighted by molar-refractivity contribution is 6.30. The van der Waals surface area contributed by atoms with Crippen molar-refractivity contribution in [2.75, 3.05) is 39.3 Å². The van der Waals surface area contributed by atoms with Crippen LogP contribution < -0.4 is 5.32 Å². The van der Waals surface area contributed by atoms with E-state index in [4.69, 9.17) is 11.6 Å². The van der Waals surface area contributed by atoms with E-state index in [1.807, 2.05) is 18.2 Å². The SMILES string of the molecule is O=C([C@@H]1CCCNCC1)N1CCN(Cc2cccc(Cl)c2)CC1. The number of carbonyl (C=O) groups is 1. The monoisotopic (exact) mass is 335 g/mol. The molecule has 2 aliphatic heterocycles. The molecule has 2 fully saturated rings. The molecule has 1 N–H and O–H groups in total. The Hall–Kier alpha value is -1.10. The predicted molar refractivity (Wildman–Crippen MR) is 93.5 cm³/mol. The van der Waals surface area contributed by atoms with Crippen LogP contribution >= 0.6 is 11.6 Å². The van der Waals surface area contributed by atoms with Crippen molar-refractivity contribution >= 4 is 17.5 Å². The normalized spacial score (nSPS) is 23.5. The van der Waals surface area contributed by atoms with Gasteiger partial charge in [0, 0.05) is 43.7 Å². The number of halogens is 1. The van der Waals surface area contributed by atoms with Crippen LogP contribution in [-0.4, -0.2) is 55.0 Å². The zero-order valence-electron chi connectivity index (χ0n) is 13.6. The summed E-state index contributed by atoms with van der Waals surface area (Å²) in [6, 6.07) is 8.04. The fourth-order valence-corrected chi connectivity index (χ4v) is 3.76. The van der Waals surface area contributed by atoms with Crippen LogP contribution in [0.1, 0.15) is 24.8 Å². The molecular formula is C18H26ClN3O. The molecule has 2 aliphatic rings. The molecule has 0 saturated carbocycles. The first-order chi connectivity index (χ1) is 11.2. The second kappa shape index (κ2) is 8.13. The molecule has 23 heavy (non-hydrogen) atoms. The predicted octanol–water partition coefficient (Wildman–Crippen LogP) is 2.37. The summed E-state index contributed by atoms with van der Waals surface area (Å²) in [4.78, 5) is 17.2. The molecule has 0 aromatic heterocycles. The van der Waals surface area contributed by atoms with Crippen molar-refractivity contribution in [3.05, 3.63) is 34.9 Å². The van der Waals surface area contributed by atoms with Crippen LogP contribution in [-0.2, 0) is 11.3 Å². The van der Waals surface area contributed by atoms with Gasteiger partial charge in [0.25, 0.3) is 0 Å². The Kier molecular flexibility index (Phi) is 5.92. The molecule has 3 rings (SSSR count). The quantitative estimate of drug-likeness (QED) is 0.921. The van der Waals surface area contributed by atoms with E-state index < -0.39 is 0 Å². The zero-order valence-corrected chi connectivity index (χ0v) is 14.4. The smallest absolute Gasteiger partial charge is 0.225 e. The third kappa shape index (κ3) is 4.69. The van der Waals surface area contributed by atoms with Gasteiger partial charge >= 0.3 is 0 Å². The van der Waals surface area contributed by atoms with Crippen molar-refractivity contribution < 1.29 is 4.79 Å². The Morgan fingerprint density at radius 2 is 2.00 bits per heavy atom. The number of hydrogen-bond acceptors (Lipinski definition) is 3. The summed E-state index contributed by atoms with van der Waals surface area (Å²) in [7, 11) is 0. The van der Waals surface area contributed by atoms with Crippen LogP contribution in [0.4, 0.5) is 0 Å². The van der Waals surface area contributed by atoms with E-state index in [0.29, 0.717) is 5.91 Å². The highest BCUT2D eigenvalue weighted by Gasteiger charge is 2.27. The number of carbonyl (C=O) groups excluding carboxylic acids is 1. The fourth-order valence-electron chi connectivity index (χ4n) is 3.54. The summed E-state index contributed by atoms with van der Waals surface area (Å²) in [5, 5.41) is 4.17. The van der Waals surface area contributed by atoms with Crippen molar-refractivity contribution in [1.29, 1.82) is 0 Å². The molecule has 4 nitrogen and oxygen atoms in total. The molecule has 5 heteroatoms. The molecule has 0 radical (unpaired) electrons. The largest absolute Gasteiger partial charge is 0.340 e. The number of rotatable bonds is 3. The average Bonchev–Trinajstić information content (AvgIpc) is 2.84. The lowest BCUT2D eigenvalue weighted by Crippen LogP contribution is -2.50. The van der Waals surface area contributed by atoms with Gasteiger partial charge in [0.05, 0.1) is 0 Å². The van der Waals surface area contributed by atoms with Gasteiger partial charge in [0.15, 0.2) is 0 Å². The molecule has 2 heterocycles. The van der Waals surface area contributed by atoms with E-state index in [1.54, 1.807) is 0 Å². The van der Waals surface area contributed by atoms with Crippen LogP contribution in [0.25, 0.3) is 0 Å². The zero-order chi connectivity index (χ0) is 16.1. The third-order valence-corrected chi connectivity index (χ3v) is 5.14. The van der Waals surface area contributed by atoms with Crippen molar-refractivity contribution in [1.82, 2.24) is 15.1 Å². The number of amides is 1. The van der Waals surface area contributed by atoms with Gasteiger partial charge in [-0.2, -0.15) is 0 Å². The van der Waals surface area contributed by atoms with Crippen LogP contribution in [0.2, 0.25) is 5.02 Å². The highest BCUT2D eigenvalue weighted by Crippen LogP contribution is 2.19. The number of benzene rings is 1. The molecule has 1 aromatic carbocycles. The molecule has 0 spiro atoms. The first-order valence-corrected chi connectivity index (χ1v) is 9.06. The fraction of sp³-hybridized carbons (Fsp3) is 0.611. The Labute approximate surface area is 143 Å². The Balaban J connectivity index is 1.48. The molecular weight excluding hydrogens is 310 g/mol. The molecule has 126 valence electrons. The molecule has 0 aliphatic carbocycles. The maximum atomic E-state index is 12.7. The molecule has 2 saturated heterocycles.